The summed E-state index contributed by atoms with van der Waals surface area (Å²) in [5, 5.41) is 4.28. The predicted octanol–water partition coefficient (Wildman–Crippen LogP) is 2.73. The monoisotopic (exact) mass is 304 g/mol. The lowest BCUT2D eigenvalue weighted by molar-refractivity contribution is -0.141. The number of aromatic nitrogens is 1. The molecule has 0 unspecified atom stereocenters. The van der Waals surface area contributed by atoms with Crippen molar-refractivity contribution < 1.29 is 13.9 Å². The lowest BCUT2D eigenvalue weighted by Gasteiger charge is -2.23. The summed E-state index contributed by atoms with van der Waals surface area (Å²) in [5.74, 6) is -0.122. The van der Waals surface area contributed by atoms with Crippen LogP contribution in [0.15, 0.2) is 18.2 Å². The zero-order chi connectivity index (χ0) is 15.7. The number of rotatable bonds is 3. The van der Waals surface area contributed by atoms with E-state index in [1.807, 2.05) is 11.5 Å². The molecule has 0 bridgehead atoms. The van der Waals surface area contributed by atoms with Crippen LogP contribution in [0, 0.1) is 12.7 Å². The van der Waals surface area contributed by atoms with Crippen LogP contribution >= 0.6 is 0 Å². The minimum Gasteiger partial charge on any atom is -0.468 e. The van der Waals surface area contributed by atoms with Gasteiger partial charge in [0, 0.05) is 16.6 Å². The quantitative estimate of drug-likeness (QED) is 0.887. The van der Waals surface area contributed by atoms with E-state index < -0.39 is 0 Å². The topological polar surface area (TPSA) is 43.3 Å². The summed E-state index contributed by atoms with van der Waals surface area (Å²) in [7, 11) is 1.39. The third-order valence-electron chi connectivity index (χ3n) is 4.60. The molecule has 0 saturated carbocycles. The number of hydrogen-bond acceptors (Lipinski definition) is 3. The minimum absolute atomic E-state index is 0.162. The Morgan fingerprint density at radius 2 is 2.14 bits per heavy atom. The molecule has 1 aromatic heterocycles. The smallest absolute Gasteiger partial charge is 0.325 e. The number of methoxy groups -OCH3 is 1. The van der Waals surface area contributed by atoms with E-state index in [4.69, 9.17) is 4.74 Å². The lowest BCUT2D eigenvalue weighted by Crippen LogP contribution is -2.27. The van der Waals surface area contributed by atoms with Crippen LogP contribution in [0.5, 0.6) is 0 Å². The van der Waals surface area contributed by atoms with E-state index in [2.05, 4.69) is 5.32 Å². The zero-order valence-electron chi connectivity index (χ0n) is 13.0. The van der Waals surface area contributed by atoms with Gasteiger partial charge in [0.2, 0.25) is 0 Å². The van der Waals surface area contributed by atoms with E-state index in [0.717, 1.165) is 42.5 Å². The van der Waals surface area contributed by atoms with Crippen molar-refractivity contribution in [1.82, 2.24) is 9.88 Å². The second-order valence-electron chi connectivity index (χ2n) is 5.85. The predicted molar refractivity (Wildman–Crippen MR) is 83.5 cm³/mol. The maximum atomic E-state index is 13.7. The Morgan fingerprint density at radius 1 is 1.41 bits per heavy atom. The molecule has 0 radical (unpaired) electrons. The third kappa shape index (κ3) is 2.61. The Labute approximate surface area is 129 Å². The van der Waals surface area contributed by atoms with E-state index in [9.17, 15) is 9.18 Å². The number of fused-ring (bicyclic) bond motifs is 1. The van der Waals surface area contributed by atoms with Crippen LogP contribution in [0.1, 0.15) is 30.0 Å². The van der Waals surface area contributed by atoms with Gasteiger partial charge in [-0.25, -0.2) is 4.39 Å². The summed E-state index contributed by atoms with van der Waals surface area (Å²) in [5.41, 5.74) is 3.12. The van der Waals surface area contributed by atoms with Crippen molar-refractivity contribution in [2.75, 3.05) is 20.2 Å². The Bertz CT molecular complexity index is 702. The average molecular weight is 304 g/mol. The van der Waals surface area contributed by atoms with Crippen molar-refractivity contribution in [2.24, 2.45) is 0 Å². The van der Waals surface area contributed by atoms with Gasteiger partial charge in [-0.05, 0) is 62.5 Å². The molecule has 5 heteroatoms. The molecule has 1 aliphatic rings. The zero-order valence-corrected chi connectivity index (χ0v) is 13.0. The van der Waals surface area contributed by atoms with Gasteiger partial charge in [0.05, 0.1) is 7.11 Å². The summed E-state index contributed by atoms with van der Waals surface area (Å²) >= 11 is 0. The van der Waals surface area contributed by atoms with Crippen LogP contribution in [-0.2, 0) is 16.1 Å². The summed E-state index contributed by atoms with van der Waals surface area (Å²) in [6.45, 7) is 4.12. The number of esters is 1. The molecule has 1 aromatic carbocycles. The molecule has 2 heterocycles. The van der Waals surface area contributed by atoms with Gasteiger partial charge in [0.25, 0.3) is 0 Å². The molecule has 1 N–H and O–H groups in total. The summed E-state index contributed by atoms with van der Waals surface area (Å²) in [4.78, 5) is 11.7. The first-order chi connectivity index (χ1) is 10.6. The van der Waals surface area contributed by atoms with Crippen LogP contribution in [-0.4, -0.2) is 30.7 Å². The minimum atomic E-state index is -0.291. The molecule has 0 spiro atoms. The van der Waals surface area contributed by atoms with Gasteiger partial charge >= 0.3 is 5.97 Å². The molecule has 118 valence electrons. The van der Waals surface area contributed by atoms with Gasteiger partial charge in [-0.1, -0.05) is 0 Å². The number of carbonyl (C=O) groups is 1. The van der Waals surface area contributed by atoms with Crippen molar-refractivity contribution in [1.29, 1.82) is 0 Å². The molecule has 3 rings (SSSR count). The van der Waals surface area contributed by atoms with Crippen molar-refractivity contribution >= 4 is 16.9 Å². The van der Waals surface area contributed by atoms with Crippen molar-refractivity contribution in [3.05, 3.63) is 35.3 Å². The molecular formula is C17H21FN2O2. The molecule has 4 nitrogen and oxygen atoms in total. The SMILES string of the molecule is COC(=O)Cn1c(C)c(C2CCNCC2)c2cc(F)ccc21. The first-order valence-corrected chi connectivity index (χ1v) is 7.67. The molecule has 22 heavy (non-hydrogen) atoms. The molecule has 1 aliphatic heterocycles. The van der Waals surface area contributed by atoms with Gasteiger partial charge in [0.1, 0.15) is 12.4 Å². The number of halogens is 1. The van der Waals surface area contributed by atoms with Crippen LogP contribution in [0.4, 0.5) is 4.39 Å². The summed E-state index contributed by atoms with van der Waals surface area (Å²) < 4.78 is 20.5. The van der Waals surface area contributed by atoms with Crippen molar-refractivity contribution in [2.45, 2.75) is 32.2 Å². The van der Waals surface area contributed by atoms with E-state index in [0.29, 0.717) is 5.92 Å². The fraction of sp³-hybridized carbons (Fsp3) is 0.471. The number of benzene rings is 1. The molecule has 0 aliphatic carbocycles. The first-order valence-electron chi connectivity index (χ1n) is 7.67. The highest BCUT2D eigenvalue weighted by Crippen LogP contribution is 2.36. The molecule has 0 atom stereocenters. The van der Waals surface area contributed by atoms with Crippen LogP contribution in [0.25, 0.3) is 10.9 Å². The largest absolute Gasteiger partial charge is 0.468 e. The molecular weight excluding hydrogens is 283 g/mol. The van der Waals surface area contributed by atoms with Gasteiger partial charge in [-0.2, -0.15) is 0 Å². The molecule has 1 fully saturated rings. The maximum absolute atomic E-state index is 13.7. The number of piperidine rings is 1. The van der Waals surface area contributed by atoms with Crippen LogP contribution in [0.2, 0.25) is 0 Å². The first kappa shape index (κ1) is 15.0. The Hall–Kier alpha value is -1.88. The Kier molecular flexibility index (Phi) is 4.16. The molecule has 2 aromatic rings. The standard InChI is InChI=1S/C17H21FN2O2/c1-11-17(12-5-7-19-8-6-12)14-9-13(18)3-4-15(14)20(11)10-16(21)22-2/h3-4,9,12,19H,5-8,10H2,1-2H3. The molecule has 0 amide bonds. The fourth-order valence-electron chi connectivity index (χ4n) is 3.50. The fourth-order valence-corrected chi connectivity index (χ4v) is 3.50. The highest BCUT2D eigenvalue weighted by molar-refractivity contribution is 5.87. The Morgan fingerprint density at radius 3 is 2.82 bits per heavy atom. The van der Waals surface area contributed by atoms with Crippen molar-refractivity contribution in [3.63, 3.8) is 0 Å². The number of carbonyl (C=O) groups excluding carboxylic acids is 1. The number of hydrogen-bond donors (Lipinski definition) is 1. The van der Waals surface area contributed by atoms with E-state index in [1.165, 1.54) is 18.7 Å². The van der Waals surface area contributed by atoms with Crippen LogP contribution in [0.3, 0.4) is 0 Å². The normalized spacial score (nSPS) is 16.1. The highest BCUT2D eigenvalue weighted by Gasteiger charge is 2.24. The van der Waals surface area contributed by atoms with Gasteiger partial charge in [-0.3, -0.25) is 4.79 Å². The average Bonchev–Trinajstić information content (AvgIpc) is 2.79. The van der Waals surface area contributed by atoms with E-state index >= 15 is 0 Å². The maximum Gasteiger partial charge on any atom is 0.325 e. The second-order valence-corrected chi connectivity index (χ2v) is 5.85. The Balaban J connectivity index is 2.15. The summed E-state index contributed by atoms with van der Waals surface area (Å²) in [6.07, 6.45) is 2.07. The lowest BCUT2D eigenvalue weighted by atomic mass is 9.88. The molecule has 1 saturated heterocycles. The van der Waals surface area contributed by atoms with Gasteiger partial charge in [-0.15, -0.1) is 0 Å². The van der Waals surface area contributed by atoms with E-state index in [-0.39, 0.29) is 18.3 Å². The van der Waals surface area contributed by atoms with Crippen LogP contribution < -0.4 is 5.32 Å². The van der Waals surface area contributed by atoms with Crippen molar-refractivity contribution in [3.8, 4) is 0 Å². The van der Waals surface area contributed by atoms with Gasteiger partial charge < -0.3 is 14.6 Å². The number of ether oxygens (including phenoxy) is 1. The summed E-state index contributed by atoms with van der Waals surface area (Å²) in [6, 6.07) is 4.79. The second kappa shape index (κ2) is 6.08. The van der Waals surface area contributed by atoms with Gasteiger partial charge in [0.15, 0.2) is 0 Å². The highest BCUT2D eigenvalue weighted by atomic mass is 19.1. The van der Waals surface area contributed by atoms with E-state index in [1.54, 1.807) is 12.1 Å². The number of nitrogens with zero attached hydrogens (tertiary/aromatic N) is 1. The number of nitrogens with one attached hydrogen (secondary N) is 1. The third-order valence-corrected chi connectivity index (χ3v) is 4.60.